The summed E-state index contributed by atoms with van der Waals surface area (Å²) < 4.78 is 29.9. The SMILES string of the molecule is COc1ccc(C(F)F)cc1C(=O)CCBr. The predicted molar refractivity (Wildman–Crippen MR) is 60.7 cm³/mol. The summed E-state index contributed by atoms with van der Waals surface area (Å²) in [6.07, 6.45) is -2.33. The van der Waals surface area contributed by atoms with Crippen LogP contribution in [0.15, 0.2) is 18.2 Å². The highest BCUT2D eigenvalue weighted by Gasteiger charge is 2.15. The Bertz CT molecular complexity index is 380. The Labute approximate surface area is 101 Å². The van der Waals surface area contributed by atoms with Crippen LogP contribution >= 0.6 is 15.9 Å². The molecular formula is C11H11BrF2O2. The molecule has 0 aliphatic carbocycles. The van der Waals surface area contributed by atoms with Crippen molar-refractivity contribution in [2.24, 2.45) is 0 Å². The molecule has 88 valence electrons. The molecule has 1 aromatic rings. The molecule has 1 rings (SSSR count). The summed E-state index contributed by atoms with van der Waals surface area (Å²) in [6.45, 7) is 0. The van der Waals surface area contributed by atoms with E-state index in [-0.39, 0.29) is 23.3 Å². The van der Waals surface area contributed by atoms with Crippen LogP contribution in [0.3, 0.4) is 0 Å². The number of rotatable bonds is 5. The van der Waals surface area contributed by atoms with Crippen molar-refractivity contribution in [3.05, 3.63) is 29.3 Å². The summed E-state index contributed by atoms with van der Waals surface area (Å²) in [5, 5.41) is 0.494. The van der Waals surface area contributed by atoms with E-state index in [1.165, 1.54) is 25.3 Å². The van der Waals surface area contributed by atoms with Gasteiger partial charge in [0.05, 0.1) is 12.7 Å². The lowest BCUT2D eigenvalue weighted by Crippen LogP contribution is -2.04. The van der Waals surface area contributed by atoms with Gasteiger partial charge in [0.25, 0.3) is 6.43 Å². The van der Waals surface area contributed by atoms with Crippen molar-refractivity contribution in [3.8, 4) is 5.75 Å². The van der Waals surface area contributed by atoms with E-state index in [1.54, 1.807) is 0 Å². The third-order valence-electron chi connectivity index (χ3n) is 2.10. The van der Waals surface area contributed by atoms with Crippen LogP contribution in [0.2, 0.25) is 0 Å². The van der Waals surface area contributed by atoms with Gasteiger partial charge in [0, 0.05) is 17.3 Å². The van der Waals surface area contributed by atoms with Gasteiger partial charge in [-0.1, -0.05) is 15.9 Å². The highest BCUT2D eigenvalue weighted by atomic mass is 79.9. The first-order valence-electron chi connectivity index (χ1n) is 4.65. The molecule has 0 aliphatic heterocycles. The highest BCUT2D eigenvalue weighted by molar-refractivity contribution is 9.09. The third-order valence-corrected chi connectivity index (χ3v) is 2.49. The number of Topliss-reactive ketones (excluding diaryl/α,β-unsaturated/α-hetero) is 1. The molecule has 0 spiro atoms. The molecule has 1 aromatic carbocycles. The fourth-order valence-corrected chi connectivity index (χ4v) is 1.66. The maximum atomic E-state index is 12.5. The molecule has 5 heteroatoms. The Morgan fingerprint density at radius 3 is 2.69 bits per heavy atom. The zero-order chi connectivity index (χ0) is 12.1. The van der Waals surface area contributed by atoms with Crippen LogP contribution in [-0.2, 0) is 0 Å². The van der Waals surface area contributed by atoms with Crippen LogP contribution < -0.4 is 4.74 Å². The monoisotopic (exact) mass is 292 g/mol. The maximum absolute atomic E-state index is 12.5. The first kappa shape index (κ1) is 13.1. The van der Waals surface area contributed by atoms with Gasteiger partial charge in [-0.25, -0.2) is 8.78 Å². The molecule has 0 bridgehead atoms. The smallest absolute Gasteiger partial charge is 0.263 e. The first-order chi connectivity index (χ1) is 7.60. The Balaban J connectivity index is 3.11. The second kappa shape index (κ2) is 5.94. The van der Waals surface area contributed by atoms with Crippen molar-refractivity contribution in [2.45, 2.75) is 12.8 Å². The largest absolute Gasteiger partial charge is 0.496 e. The summed E-state index contributed by atoms with van der Waals surface area (Å²) in [5.74, 6) is 0.117. The van der Waals surface area contributed by atoms with Crippen LogP contribution in [0, 0.1) is 0 Å². The Kier molecular flexibility index (Phi) is 4.86. The molecule has 0 saturated heterocycles. The summed E-state index contributed by atoms with van der Waals surface area (Å²) in [5.41, 5.74) is 0.0403. The molecule has 0 unspecified atom stereocenters. The molecule has 2 nitrogen and oxygen atoms in total. The van der Waals surface area contributed by atoms with Crippen LogP contribution in [0.25, 0.3) is 0 Å². The average molecular weight is 293 g/mol. The standard InChI is InChI=1S/C11H11BrF2O2/c1-16-10-3-2-7(11(13)14)6-8(10)9(15)4-5-12/h2-3,6,11H,4-5H2,1H3. The van der Waals surface area contributed by atoms with Crippen LogP contribution in [0.1, 0.15) is 28.8 Å². The third kappa shape index (κ3) is 3.01. The van der Waals surface area contributed by atoms with E-state index in [2.05, 4.69) is 15.9 Å². The second-order valence-corrected chi connectivity index (χ2v) is 3.92. The number of carbonyl (C=O) groups is 1. The van der Waals surface area contributed by atoms with Crippen molar-refractivity contribution in [1.82, 2.24) is 0 Å². The van der Waals surface area contributed by atoms with Crippen LogP contribution in [-0.4, -0.2) is 18.2 Å². The van der Waals surface area contributed by atoms with Crippen LogP contribution in [0.5, 0.6) is 5.75 Å². The molecule has 0 amide bonds. The molecule has 0 atom stereocenters. The van der Waals surface area contributed by atoms with Crippen LogP contribution in [0.4, 0.5) is 8.78 Å². The Hall–Kier alpha value is -0.970. The molecule has 0 fully saturated rings. The van der Waals surface area contributed by atoms with Gasteiger partial charge >= 0.3 is 0 Å². The van der Waals surface area contributed by atoms with E-state index in [4.69, 9.17) is 4.74 Å². The molecule has 0 N–H and O–H groups in total. The number of carbonyl (C=O) groups excluding carboxylic acids is 1. The molecular weight excluding hydrogens is 282 g/mol. The minimum atomic E-state index is -2.58. The summed E-state index contributed by atoms with van der Waals surface area (Å²) in [7, 11) is 1.41. The van der Waals surface area contributed by atoms with E-state index in [1.807, 2.05) is 0 Å². The van der Waals surface area contributed by atoms with Crippen molar-refractivity contribution >= 4 is 21.7 Å². The minimum Gasteiger partial charge on any atom is -0.496 e. The van der Waals surface area contributed by atoms with E-state index >= 15 is 0 Å². The lowest BCUT2D eigenvalue weighted by molar-refractivity contribution is 0.0986. The average Bonchev–Trinajstić information content (AvgIpc) is 2.28. The molecule has 0 heterocycles. The van der Waals surface area contributed by atoms with Gasteiger partial charge in [-0.15, -0.1) is 0 Å². The predicted octanol–water partition coefficient (Wildman–Crippen LogP) is 3.60. The van der Waals surface area contributed by atoms with Crippen molar-refractivity contribution in [1.29, 1.82) is 0 Å². The van der Waals surface area contributed by atoms with E-state index in [9.17, 15) is 13.6 Å². The number of ether oxygens (including phenoxy) is 1. The van der Waals surface area contributed by atoms with Gasteiger partial charge in [-0.2, -0.15) is 0 Å². The van der Waals surface area contributed by atoms with Crippen molar-refractivity contribution in [3.63, 3.8) is 0 Å². The van der Waals surface area contributed by atoms with E-state index < -0.39 is 6.43 Å². The maximum Gasteiger partial charge on any atom is 0.263 e. The minimum absolute atomic E-state index is 0.168. The molecule has 0 radical (unpaired) electrons. The highest BCUT2D eigenvalue weighted by Crippen LogP contribution is 2.27. The van der Waals surface area contributed by atoms with Gasteiger partial charge in [0.15, 0.2) is 5.78 Å². The molecule has 16 heavy (non-hydrogen) atoms. The quantitative estimate of drug-likeness (QED) is 0.612. The van der Waals surface area contributed by atoms with Gasteiger partial charge in [0.1, 0.15) is 5.75 Å². The van der Waals surface area contributed by atoms with Gasteiger partial charge in [-0.3, -0.25) is 4.79 Å². The summed E-state index contributed by atoms with van der Waals surface area (Å²) in [6, 6.07) is 3.84. The molecule has 0 aromatic heterocycles. The van der Waals surface area contributed by atoms with Crippen molar-refractivity contribution < 1.29 is 18.3 Å². The topological polar surface area (TPSA) is 26.3 Å². The number of halogens is 3. The van der Waals surface area contributed by atoms with Gasteiger partial charge in [0.2, 0.25) is 0 Å². The number of alkyl halides is 3. The summed E-state index contributed by atoms with van der Waals surface area (Å²) in [4.78, 5) is 11.6. The first-order valence-corrected chi connectivity index (χ1v) is 5.77. The lowest BCUT2D eigenvalue weighted by Gasteiger charge is -2.09. The Morgan fingerprint density at radius 2 is 2.19 bits per heavy atom. The Morgan fingerprint density at radius 1 is 1.50 bits per heavy atom. The normalized spacial score (nSPS) is 10.6. The summed E-state index contributed by atoms with van der Waals surface area (Å²) >= 11 is 3.13. The number of ketones is 1. The number of hydrogen-bond donors (Lipinski definition) is 0. The van der Waals surface area contributed by atoms with Gasteiger partial charge < -0.3 is 4.74 Å². The zero-order valence-corrected chi connectivity index (χ0v) is 10.3. The number of benzene rings is 1. The fourth-order valence-electron chi connectivity index (χ4n) is 1.30. The molecule has 0 aliphatic rings. The number of methoxy groups -OCH3 is 1. The second-order valence-electron chi connectivity index (χ2n) is 3.12. The fraction of sp³-hybridized carbons (Fsp3) is 0.364. The van der Waals surface area contributed by atoms with Crippen molar-refractivity contribution in [2.75, 3.05) is 12.4 Å². The van der Waals surface area contributed by atoms with Gasteiger partial charge in [-0.05, 0) is 18.2 Å². The molecule has 0 saturated carbocycles. The number of hydrogen-bond acceptors (Lipinski definition) is 2. The lowest BCUT2D eigenvalue weighted by atomic mass is 10.0. The zero-order valence-electron chi connectivity index (χ0n) is 8.67. The van der Waals surface area contributed by atoms with E-state index in [0.717, 1.165) is 0 Å². The van der Waals surface area contributed by atoms with E-state index in [0.29, 0.717) is 11.1 Å².